The molecular weight excluding hydrogens is 329 g/mol. The van der Waals surface area contributed by atoms with Crippen molar-refractivity contribution in [2.45, 2.75) is 32.3 Å². The van der Waals surface area contributed by atoms with Gasteiger partial charge in [-0.05, 0) is 60.2 Å². The molecule has 3 nitrogen and oxygen atoms in total. The van der Waals surface area contributed by atoms with Gasteiger partial charge in [0, 0.05) is 26.7 Å². The molecule has 0 spiro atoms. The second-order valence-electron chi connectivity index (χ2n) is 4.69. The lowest BCUT2D eigenvalue weighted by Gasteiger charge is -2.10. The number of aromatic nitrogens is 1. The molecule has 17 heavy (non-hydrogen) atoms. The lowest BCUT2D eigenvalue weighted by atomic mass is 10.1. The van der Waals surface area contributed by atoms with Crippen molar-refractivity contribution in [1.82, 2.24) is 4.57 Å². The third-order valence-corrected chi connectivity index (χ3v) is 3.79. The van der Waals surface area contributed by atoms with E-state index in [9.17, 15) is 5.11 Å². The van der Waals surface area contributed by atoms with Crippen LogP contribution >= 0.6 is 22.6 Å². The number of hydrogen-bond acceptors (Lipinski definition) is 2. The predicted octanol–water partition coefficient (Wildman–Crippen LogP) is 3.22. The Morgan fingerprint density at radius 1 is 1.41 bits per heavy atom. The molecule has 0 bridgehead atoms. The summed E-state index contributed by atoms with van der Waals surface area (Å²) in [5, 5.41) is 10.6. The maximum Gasteiger partial charge on any atom is 0.186 e. The molecule has 90 valence electrons. The number of nitrogens with zero attached hydrogens (tertiary/aromatic N) is 1. The fraction of sp³-hybridized carbons (Fsp3) is 0.385. The average molecular weight is 343 g/mol. The first-order chi connectivity index (χ1) is 8.08. The van der Waals surface area contributed by atoms with Crippen molar-refractivity contribution in [3.63, 3.8) is 0 Å². The topological polar surface area (TPSA) is 37.7 Å². The molecular formula is C13H14INO2. The highest BCUT2D eigenvalue weighted by Gasteiger charge is 2.39. The molecule has 1 aromatic heterocycles. The van der Waals surface area contributed by atoms with E-state index in [0.29, 0.717) is 6.04 Å². The van der Waals surface area contributed by atoms with Gasteiger partial charge in [-0.25, -0.2) is 0 Å². The van der Waals surface area contributed by atoms with Gasteiger partial charge in [0.05, 0.1) is 0 Å². The van der Waals surface area contributed by atoms with Gasteiger partial charge in [-0.3, -0.25) is 0 Å². The van der Waals surface area contributed by atoms with Crippen LogP contribution in [-0.2, 0) is 4.74 Å². The van der Waals surface area contributed by atoms with E-state index in [1.807, 2.05) is 0 Å². The fourth-order valence-corrected chi connectivity index (χ4v) is 2.90. The number of aliphatic hydroxyl groups is 1. The molecule has 0 radical (unpaired) electrons. The first-order valence-corrected chi connectivity index (χ1v) is 6.79. The number of benzene rings is 1. The Balaban J connectivity index is 2.23. The summed E-state index contributed by atoms with van der Waals surface area (Å²) >= 11 is 2.31. The van der Waals surface area contributed by atoms with Crippen LogP contribution in [0.15, 0.2) is 24.4 Å². The average Bonchev–Trinajstić information content (AvgIpc) is 2.83. The molecule has 3 rings (SSSR count). The van der Waals surface area contributed by atoms with E-state index in [1.54, 1.807) is 0 Å². The third kappa shape index (κ3) is 1.88. The quantitative estimate of drug-likeness (QED) is 0.672. The van der Waals surface area contributed by atoms with Gasteiger partial charge < -0.3 is 14.4 Å². The highest BCUT2D eigenvalue weighted by atomic mass is 127. The van der Waals surface area contributed by atoms with Crippen LogP contribution in [0.25, 0.3) is 10.9 Å². The number of ether oxygens (including phenoxy) is 1. The van der Waals surface area contributed by atoms with E-state index < -0.39 is 6.29 Å². The Morgan fingerprint density at radius 2 is 2.12 bits per heavy atom. The molecule has 0 saturated carbocycles. The van der Waals surface area contributed by atoms with Crippen LogP contribution in [0.1, 0.15) is 31.6 Å². The Hall–Kier alpha value is -0.590. The molecule has 2 atom stereocenters. The van der Waals surface area contributed by atoms with E-state index in [1.165, 1.54) is 14.5 Å². The second-order valence-corrected chi connectivity index (χ2v) is 5.94. The molecule has 0 amide bonds. The van der Waals surface area contributed by atoms with Crippen molar-refractivity contribution in [2.24, 2.45) is 0 Å². The summed E-state index contributed by atoms with van der Waals surface area (Å²) in [6, 6.07) is 6.81. The van der Waals surface area contributed by atoms with Crippen molar-refractivity contribution >= 4 is 33.5 Å². The second kappa shape index (κ2) is 3.96. The van der Waals surface area contributed by atoms with Crippen LogP contribution in [-0.4, -0.2) is 16.0 Å². The molecule has 1 saturated heterocycles. The Morgan fingerprint density at radius 3 is 2.71 bits per heavy atom. The molecule has 2 unspecified atom stereocenters. The molecule has 1 aromatic carbocycles. The third-order valence-electron chi connectivity index (χ3n) is 3.17. The first kappa shape index (κ1) is 11.5. The van der Waals surface area contributed by atoms with Crippen molar-refractivity contribution in [3.05, 3.63) is 33.5 Å². The van der Waals surface area contributed by atoms with Gasteiger partial charge in [-0.15, -0.1) is 0 Å². The summed E-state index contributed by atoms with van der Waals surface area (Å²) in [6.07, 6.45) is 1.33. The molecule has 4 heteroatoms. The van der Waals surface area contributed by atoms with Gasteiger partial charge in [0.15, 0.2) is 6.29 Å². The first-order valence-electron chi connectivity index (χ1n) is 5.71. The Labute approximate surface area is 114 Å². The van der Waals surface area contributed by atoms with Crippen molar-refractivity contribution in [1.29, 1.82) is 0 Å². The number of hydrogen-bond donors (Lipinski definition) is 1. The fourth-order valence-electron chi connectivity index (χ4n) is 2.27. The normalized spacial score (nSPS) is 23.6. The van der Waals surface area contributed by atoms with E-state index in [0.717, 1.165) is 5.56 Å². The monoisotopic (exact) mass is 343 g/mol. The van der Waals surface area contributed by atoms with Crippen LogP contribution < -0.4 is 0 Å². The van der Waals surface area contributed by atoms with Gasteiger partial charge in [-0.1, -0.05) is 0 Å². The molecule has 1 aliphatic heterocycles. The largest absolute Gasteiger partial charge is 0.366 e. The lowest BCUT2D eigenvalue weighted by molar-refractivity contribution is 0.156. The summed E-state index contributed by atoms with van der Waals surface area (Å²) in [7, 11) is 0. The van der Waals surface area contributed by atoms with Gasteiger partial charge in [0.1, 0.15) is 6.10 Å². The summed E-state index contributed by atoms with van der Waals surface area (Å²) in [6.45, 7) is 4.34. The van der Waals surface area contributed by atoms with Crippen LogP contribution in [0.5, 0.6) is 0 Å². The smallest absolute Gasteiger partial charge is 0.186 e. The molecule has 2 heterocycles. The van der Waals surface area contributed by atoms with Crippen LogP contribution in [0.4, 0.5) is 0 Å². The van der Waals surface area contributed by atoms with Crippen LogP contribution in [0.2, 0.25) is 0 Å². The Kier molecular flexibility index (Phi) is 2.68. The molecule has 1 aliphatic rings. The summed E-state index contributed by atoms with van der Waals surface area (Å²) in [5.74, 6) is 0. The SMILES string of the molecule is CC(C)n1ccc2c(C3OC3O)cc(I)cc21. The standard InChI is InChI=1S/C13H14INO2/c1-7(2)15-4-3-9-10(12-13(16)17-12)5-8(14)6-11(9)15/h3-7,12-13,16H,1-2H3. The Bertz CT molecular complexity index is 576. The summed E-state index contributed by atoms with van der Waals surface area (Å²) in [4.78, 5) is 0. The summed E-state index contributed by atoms with van der Waals surface area (Å²) in [5.41, 5.74) is 2.31. The number of fused-ring (bicyclic) bond motifs is 1. The molecule has 1 N–H and O–H groups in total. The number of halogens is 1. The number of rotatable bonds is 2. The minimum atomic E-state index is -0.626. The van der Waals surface area contributed by atoms with Crippen molar-refractivity contribution in [3.8, 4) is 0 Å². The zero-order valence-corrected chi connectivity index (χ0v) is 11.9. The van der Waals surface area contributed by atoms with E-state index in [4.69, 9.17) is 4.74 Å². The van der Waals surface area contributed by atoms with Gasteiger partial charge in [0.25, 0.3) is 0 Å². The minimum absolute atomic E-state index is 0.143. The maximum atomic E-state index is 9.41. The minimum Gasteiger partial charge on any atom is -0.366 e. The highest BCUT2D eigenvalue weighted by Crippen LogP contribution is 2.41. The lowest BCUT2D eigenvalue weighted by Crippen LogP contribution is -1.99. The van der Waals surface area contributed by atoms with Crippen LogP contribution in [0.3, 0.4) is 0 Å². The van der Waals surface area contributed by atoms with Crippen molar-refractivity contribution < 1.29 is 9.84 Å². The molecule has 2 aromatic rings. The number of epoxide rings is 1. The maximum absolute atomic E-state index is 9.41. The van der Waals surface area contributed by atoms with E-state index in [-0.39, 0.29) is 6.10 Å². The van der Waals surface area contributed by atoms with E-state index in [2.05, 4.69) is 65.4 Å². The predicted molar refractivity (Wildman–Crippen MR) is 74.9 cm³/mol. The zero-order chi connectivity index (χ0) is 12.2. The number of aliphatic hydroxyl groups excluding tert-OH is 1. The van der Waals surface area contributed by atoms with Gasteiger partial charge in [-0.2, -0.15) is 0 Å². The molecule has 1 fully saturated rings. The van der Waals surface area contributed by atoms with Crippen LogP contribution in [0, 0.1) is 3.57 Å². The zero-order valence-electron chi connectivity index (χ0n) is 9.72. The van der Waals surface area contributed by atoms with Gasteiger partial charge in [0.2, 0.25) is 0 Å². The molecule has 0 aliphatic carbocycles. The highest BCUT2D eigenvalue weighted by molar-refractivity contribution is 14.1. The summed E-state index contributed by atoms with van der Waals surface area (Å²) < 4.78 is 8.60. The van der Waals surface area contributed by atoms with E-state index >= 15 is 0 Å². The van der Waals surface area contributed by atoms with Gasteiger partial charge >= 0.3 is 0 Å². The van der Waals surface area contributed by atoms with Crippen molar-refractivity contribution in [2.75, 3.05) is 0 Å².